The van der Waals surface area contributed by atoms with Crippen molar-refractivity contribution in [2.45, 2.75) is 33.2 Å². The lowest BCUT2D eigenvalue weighted by molar-refractivity contribution is 0.208. The Bertz CT molecular complexity index is 223. The molecule has 0 aromatic rings. The third-order valence-electron chi connectivity index (χ3n) is 2.54. The second kappa shape index (κ2) is 5.75. The summed E-state index contributed by atoms with van der Waals surface area (Å²) in [6.07, 6.45) is 1.22. The molecule has 1 rings (SSSR count). The van der Waals surface area contributed by atoms with E-state index in [1.165, 1.54) is 12.2 Å². The standard InChI is InChI=1S/C11H22N2OS/c1-11(2,3)9-5-8-15-10(13-9)12-6-7-14-4/h9H,5-8H2,1-4H3,(H,12,13). The molecule has 1 saturated heterocycles. The van der Waals surface area contributed by atoms with Gasteiger partial charge < -0.3 is 10.1 Å². The first kappa shape index (κ1) is 12.8. The van der Waals surface area contributed by atoms with E-state index in [1.54, 1.807) is 7.11 Å². The number of thioether (sulfide) groups is 1. The van der Waals surface area contributed by atoms with Crippen molar-refractivity contribution in [3.05, 3.63) is 0 Å². The SMILES string of the molecule is COCCN=C1NC(C(C)(C)C)CCS1. The van der Waals surface area contributed by atoms with Crippen LogP contribution in [0.1, 0.15) is 27.2 Å². The molecule has 0 aliphatic carbocycles. The fourth-order valence-electron chi connectivity index (χ4n) is 1.52. The molecule has 0 bridgehead atoms. The highest BCUT2D eigenvalue weighted by Crippen LogP contribution is 2.27. The summed E-state index contributed by atoms with van der Waals surface area (Å²) in [6.45, 7) is 8.27. The molecular formula is C11H22N2OS. The van der Waals surface area contributed by atoms with Gasteiger partial charge in [-0.2, -0.15) is 0 Å². The Morgan fingerprint density at radius 1 is 1.53 bits per heavy atom. The van der Waals surface area contributed by atoms with Gasteiger partial charge in [0.2, 0.25) is 0 Å². The third kappa shape index (κ3) is 4.43. The summed E-state index contributed by atoms with van der Waals surface area (Å²) in [6, 6.07) is 0.542. The lowest BCUT2D eigenvalue weighted by Gasteiger charge is -2.35. The van der Waals surface area contributed by atoms with Crippen LogP contribution in [-0.4, -0.2) is 37.2 Å². The van der Waals surface area contributed by atoms with Crippen LogP contribution in [0.5, 0.6) is 0 Å². The molecule has 1 atom stereocenters. The molecular weight excluding hydrogens is 208 g/mol. The van der Waals surface area contributed by atoms with E-state index in [1.807, 2.05) is 11.8 Å². The molecule has 0 spiro atoms. The van der Waals surface area contributed by atoms with Crippen molar-refractivity contribution in [3.63, 3.8) is 0 Å². The minimum absolute atomic E-state index is 0.309. The smallest absolute Gasteiger partial charge is 0.156 e. The molecule has 0 saturated carbocycles. The Balaban J connectivity index is 2.45. The fraction of sp³-hybridized carbons (Fsp3) is 0.909. The Labute approximate surface area is 97.1 Å². The molecule has 3 nitrogen and oxygen atoms in total. The molecule has 0 aromatic heterocycles. The summed E-state index contributed by atoms with van der Waals surface area (Å²) >= 11 is 1.82. The van der Waals surface area contributed by atoms with Crippen molar-refractivity contribution in [2.75, 3.05) is 26.0 Å². The van der Waals surface area contributed by atoms with E-state index < -0.39 is 0 Å². The van der Waals surface area contributed by atoms with Gasteiger partial charge in [-0.1, -0.05) is 32.5 Å². The molecule has 1 aliphatic heterocycles. The summed E-state index contributed by atoms with van der Waals surface area (Å²) in [4.78, 5) is 4.48. The van der Waals surface area contributed by atoms with Gasteiger partial charge in [0.15, 0.2) is 5.17 Å². The van der Waals surface area contributed by atoms with Crippen LogP contribution in [0.25, 0.3) is 0 Å². The van der Waals surface area contributed by atoms with Crippen molar-refractivity contribution in [1.82, 2.24) is 5.32 Å². The van der Waals surface area contributed by atoms with Gasteiger partial charge in [-0.3, -0.25) is 4.99 Å². The Morgan fingerprint density at radius 2 is 2.27 bits per heavy atom. The normalized spacial score (nSPS) is 25.3. The van der Waals surface area contributed by atoms with Crippen LogP contribution >= 0.6 is 11.8 Å². The topological polar surface area (TPSA) is 33.6 Å². The molecule has 15 heavy (non-hydrogen) atoms. The second-order valence-corrected chi connectivity index (χ2v) is 5.96. The summed E-state index contributed by atoms with van der Waals surface area (Å²) in [5.41, 5.74) is 0.309. The van der Waals surface area contributed by atoms with Gasteiger partial charge >= 0.3 is 0 Å². The van der Waals surface area contributed by atoms with Gasteiger partial charge in [0.25, 0.3) is 0 Å². The van der Waals surface area contributed by atoms with Crippen LogP contribution in [0, 0.1) is 5.41 Å². The van der Waals surface area contributed by atoms with E-state index in [4.69, 9.17) is 4.74 Å². The highest BCUT2D eigenvalue weighted by atomic mass is 32.2. The molecule has 0 aromatic carbocycles. The number of nitrogens with zero attached hydrogens (tertiary/aromatic N) is 1. The van der Waals surface area contributed by atoms with Gasteiger partial charge in [-0.15, -0.1) is 0 Å². The largest absolute Gasteiger partial charge is 0.383 e. The maximum Gasteiger partial charge on any atom is 0.156 e. The Hall–Kier alpha value is -0.220. The van der Waals surface area contributed by atoms with Gasteiger partial charge in [-0.05, 0) is 11.8 Å². The average molecular weight is 230 g/mol. The Kier molecular flexibility index (Phi) is 4.93. The molecule has 1 unspecified atom stereocenters. The quantitative estimate of drug-likeness (QED) is 0.754. The van der Waals surface area contributed by atoms with Gasteiger partial charge in [0.05, 0.1) is 13.2 Å². The van der Waals surface area contributed by atoms with Crippen molar-refractivity contribution in [3.8, 4) is 0 Å². The minimum Gasteiger partial charge on any atom is -0.383 e. The van der Waals surface area contributed by atoms with E-state index >= 15 is 0 Å². The highest BCUT2D eigenvalue weighted by molar-refractivity contribution is 8.13. The van der Waals surface area contributed by atoms with Crippen molar-refractivity contribution < 1.29 is 4.74 Å². The van der Waals surface area contributed by atoms with E-state index in [0.29, 0.717) is 18.1 Å². The number of hydrogen-bond donors (Lipinski definition) is 1. The lowest BCUT2D eigenvalue weighted by Crippen LogP contribution is -2.46. The third-order valence-corrected chi connectivity index (χ3v) is 3.50. The van der Waals surface area contributed by atoms with Gasteiger partial charge in [-0.25, -0.2) is 0 Å². The highest BCUT2D eigenvalue weighted by Gasteiger charge is 2.28. The van der Waals surface area contributed by atoms with E-state index in [-0.39, 0.29) is 0 Å². The average Bonchev–Trinajstić information content (AvgIpc) is 2.17. The van der Waals surface area contributed by atoms with Crippen LogP contribution in [0.2, 0.25) is 0 Å². The monoisotopic (exact) mass is 230 g/mol. The van der Waals surface area contributed by atoms with Crippen LogP contribution in [0.4, 0.5) is 0 Å². The second-order valence-electron chi connectivity index (χ2n) is 4.88. The first-order valence-corrected chi connectivity index (χ1v) is 6.45. The molecule has 1 fully saturated rings. The predicted molar refractivity (Wildman–Crippen MR) is 67.6 cm³/mol. The molecule has 1 aliphatic rings. The van der Waals surface area contributed by atoms with E-state index in [9.17, 15) is 0 Å². The minimum atomic E-state index is 0.309. The molecule has 0 amide bonds. The van der Waals surface area contributed by atoms with Crippen LogP contribution in [0.15, 0.2) is 4.99 Å². The molecule has 88 valence electrons. The predicted octanol–water partition coefficient (Wildman–Crippen LogP) is 2.13. The zero-order valence-electron chi connectivity index (χ0n) is 10.2. The zero-order chi connectivity index (χ0) is 11.3. The number of ether oxygens (including phenoxy) is 1. The summed E-state index contributed by atoms with van der Waals surface area (Å²) < 4.78 is 4.98. The van der Waals surface area contributed by atoms with Gasteiger partial charge in [0.1, 0.15) is 0 Å². The number of amidine groups is 1. The van der Waals surface area contributed by atoms with E-state index in [0.717, 1.165) is 11.7 Å². The van der Waals surface area contributed by atoms with Gasteiger partial charge in [0, 0.05) is 18.9 Å². The van der Waals surface area contributed by atoms with Crippen molar-refractivity contribution in [1.29, 1.82) is 0 Å². The molecule has 0 radical (unpaired) electrons. The maximum atomic E-state index is 4.98. The summed E-state index contributed by atoms with van der Waals surface area (Å²) in [5.74, 6) is 1.17. The van der Waals surface area contributed by atoms with Crippen LogP contribution < -0.4 is 5.32 Å². The molecule has 4 heteroatoms. The van der Waals surface area contributed by atoms with E-state index in [2.05, 4.69) is 31.1 Å². The lowest BCUT2D eigenvalue weighted by atomic mass is 9.85. The fourth-order valence-corrected chi connectivity index (χ4v) is 2.47. The maximum absolute atomic E-state index is 4.98. The zero-order valence-corrected chi connectivity index (χ0v) is 11.0. The molecule has 1 heterocycles. The van der Waals surface area contributed by atoms with Crippen LogP contribution in [-0.2, 0) is 4.74 Å². The number of rotatable bonds is 3. The Morgan fingerprint density at radius 3 is 2.87 bits per heavy atom. The van der Waals surface area contributed by atoms with Crippen molar-refractivity contribution >= 4 is 16.9 Å². The number of nitrogens with one attached hydrogen (secondary N) is 1. The number of methoxy groups -OCH3 is 1. The summed E-state index contributed by atoms with van der Waals surface area (Å²) in [5, 5.41) is 4.59. The summed E-state index contributed by atoms with van der Waals surface area (Å²) in [7, 11) is 1.71. The van der Waals surface area contributed by atoms with Crippen LogP contribution in [0.3, 0.4) is 0 Å². The first-order chi connectivity index (χ1) is 7.04. The molecule has 1 N–H and O–H groups in total. The number of aliphatic imine (C=N–C) groups is 1. The number of hydrogen-bond acceptors (Lipinski definition) is 3. The first-order valence-electron chi connectivity index (χ1n) is 5.47. The van der Waals surface area contributed by atoms with Crippen molar-refractivity contribution in [2.24, 2.45) is 10.4 Å².